The summed E-state index contributed by atoms with van der Waals surface area (Å²) in [6.07, 6.45) is 2.65. The average Bonchev–Trinajstić information content (AvgIpc) is 2.29. The van der Waals surface area contributed by atoms with E-state index in [2.05, 4.69) is 11.9 Å². The maximum Gasteiger partial charge on any atom is 0.337 e. The third-order valence-electron chi connectivity index (χ3n) is 1.99. The molecule has 0 aliphatic carbocycles. The number of aromatic carboxylic acids is 1. The molecule has 0 atom stereocenters. The molecule has 1 rings (SSSR count). The van der Waals surface area contributed by atoms with E-state index in [1.165, 1.54) is 12.1 Å². The Hall–Kier alpha value is -2.37. The monoisotopic (exact) mass is 236 g/mol. The van der Waals surface area contributed by atoms with Crippen LogP contribution >= 0.6 is 0 Å². The molecular formula is C11H12N2O4. The first-order chi connectivity index (χ1) is 8.04. The summed E-state index contributed by atoms with van der Waals surface area (Å²) in [7, 11) is 0. The Morgan fingerprint density at radius 1 is 1.47 bits per heavy atom. The molecular weight excluding hydrogens is 224 g/mol. The average molecular weight is 236 g/mol. The van der Waals surface area contributed by atoms with Gasteiger partial charge in [-0.2, -0.15) is 0 Å². The van der Waals surface area contributed by atoms with Crippen molar-refractivity contribution in [3.8, 4) is 0 Å². The number of rotatable bonds is 5. The van der Waals surface area contributed by atoms with Gasteiger partial charge in [0, 0.05) is 18.8 Å². The predicted octanol–water partition coefficient (Wildman–Crippen LogP) is -0.151. The van der Waals surface area contributed by atoms with Crippen molar-refractivity contribution >= 4 is 11.9 Å². The number of hydrogen-bond donors (Lipinski definition) is 2. The Balaban J connectivity index is 2.86. The molecule has 1 heterocycles. The minimum absolute atomic E-state index is 0.0406. The van der Waals surface area contributed by atoms with Crippen molar-refractivity contribution in [1.82, 2.24) is 9.88 Å². The maximum absolute atomic E-state index is 11.4. The number of hydrogen-bond acceptors (Lipinski definition) is 3. The summed E-state index contributed by atoms with van der Waals surface area (Å²) in [6.45, 7) is 3.52. The normalized spacial score (nSPS) is 9.65. The molecule has 0 fully saturated rings. The number of amides is 1. The second-order valence-corrected chi connectivity index (χ2v) is 3.28. The Morgan fingerprint density at radius 2 is 2.18 bits per heavy atom. The third kappa shape index (κ3) is 3.60. The largest absolute Gasteiger partial charge is 0.478 e. The smallest absolute Gasteiger partial charge is 0.337 e. The molecule has 2 N–H and O–H groups in total. The van der Waals surface area contributed by atoms with Crippen LogP contribution in [0, 0.1) is 0 Å². The van der Waals surface area contributed by atoms with Crippen LogP contribution in [0.5, 0.6) is 0 Å². The van der Waals surface area contributed by atoms with Gasteiger partial charge < -0.3 is 15.0 Å². The first kappa shape index (κ1) is 12.7. The standard InChI is InChI=1S/C11H12N2O4/c1-2-5-12-9(14)7-13-6-8(11(16)17)3-4-10(13)15/h2-4,6H,1,5,7H2,(H,12,14)(H,16,17). The van der Waals surface area contributed by atoms with Crippen LogP contribution in [-0.2, 0) is 11.3 Å². The Morgan fingerprint density at radius 3 is 2.76 bits per heavy atom. The number of carbonyl (C=O) groups is 2. The summed E-state index contributed by atoms with van der Waals surface area (Å²) in [6, 6.07) is 2.31. The van der Waals surface area contributed by atoms with Gasteiger partial charge in [-0.15, -0.1) is 6.58 Å². The molecule has 0 saturated carbocycles. The summed E-state index contributed by atoms with van der Waals surface area (Å²) in [5.41, 5.74) is -0.468. The van der Waals surface area contributed by atoms with Crippen LogP contribution in [0.4, 0.5) is 0 Å². The molecule has 6 nitrogen and oxygen atoms in total. The zero-order chi connectivity index (χ0) is 12.8. The van der Waals surface area contributed by atoms with Gasteiger partial charge in [-0.25, -0.2) is 4.79 Å². The molecule has 1 aromatic rings. The highest BCUT2D eigenvalue weighted by Crippen LogP contribution is 1.95. The van der Waals surface area contributed by atoms with E-state index in [-0.39, 0.29) is 18.0 Å². The fourth-order valence-electron chi connectivity index (χ4n) is 1.18. The zero-order valence-corrected chi connectivity index (χ0v) is 9.05. The van der Waals surface area contributed by atoms with Crippen molar-refractivity contribution in [2.45, 2.75) is 6.54 Å². The molecule has 0 spiro atoms. The van der Waals surface area contributed by atoms with Gasteiger partial charge in [0.1, 0.15) is 6.54 Å². The molecule has 0 saturated heterocycles. The maximum atomic E-state index is 11.4. The summed E-state index contributed by atoms with van der Waals surface area (Å²) >= 11 is 0. The minimum atomic E-state index is -1.15. The lowest BCUT2D eigenvalue weighted by Crippen LogP contribution is -2.32. The molecule has 0 aliphatic heterocycles. The number of nitrogens with one attached hydrogen (secondary N) is 1. The number of carbonyl (C=O) groups excluding carboxylic acids is 1. The number of aromatic nitrogens is 1. The van der Waals surface area contributed by atoms with E-state index >= 15 is 0 Å². The van der Waals surface area contributed by atoms with Crippen LogP contribution in [0.3, 0.4) is 0 Å². The molecule has 17 heavy (non-hydrogen) atoms. The van der Waals surface area contributed by atoms with Gasteiger partial charge in [0.05, 0.1) is 5.56 Å². The number of carboxylic acid groups (broad SMARTS) is 1. The van der Waals surface area contributed by atoms with Crippen LogP contribution < -0.4 is 10.9 Å². The molecule has 0 unspecified atom stereocenters. The number of pyridine rings is 1. The second kappa shape index (κ2) is 5.64. The van der Waals surface area contributed by atoms with Crippen molar-refractivity contribution in [1.29, 1.82) is 0 Å². The predicted molar refractivity (Wildman–Crippen MR) is 60.9 cm³/mol. The van der Waals surface area contributed by atoms with Gasteiger partial charge in [0.15, 0.2) is 0 Å². The van der Waals surface area contributed by atoms with E-state index in [1.807, 2.05) is 0 Å². The molecule has 6 heteroatoms. The Labute approximate surface area is 97.2 Å². The number of carboxylic acids is 1. The summed E-state index contributed by atoms with van der Waals surface area (Å²) < 4.78 is 1.04. The van der Waals surface area contributed by atoms with Gasteiger partial charge in [0.2, 0.25) is 5.91 Å². The highest BCUT2D eigenvalue weighted by molar-refractivity contribution is 5.87. The lowest BCUT2D eigenvalue weighted by Gasteiger charge is -2.06. The molecule has 0 radical (unpaired) electrons. The third-order valence-corrected chi connectivity index (χ3v) is 1.99. The minimum Gasteiger partial charge on any atom is -0.478 e. The van der Waals surface area contributed by atoms with Gasteiger partial charge in [-0.05, 0) is 6.07 Å². The highest BCUT2D eigenvalue weighted by atomic mass is 16.4. The quantitative estimate of drug-likeness (QED) is 0.696. The van der Waals surface area contributed by atoms with Crippen molar-refractivity contribution in [2.24, 2.45) is 0 Å². The summed E-state index contributed by atoms with van der Waals surface area (Å²) in [5.74, 6) is -1.53. The van der Waals surface area contributed by atoms with Gasteiger partial charge in [-0.3, -0.25) is 9.59 Å². The van der Waals surface area contributed by atoms with E-state index in [1.54, 1.807) is 0 Å². The van der Waals surface area contributed by atoms with Crippen LogP contribution in [0.2, 0.25) is 0 Å². The van der Waals surface area contributed by atoms with E-state index in [9.17, 15) is 14.4 Å². The van der Waals surface area contributed by atoms with Crippen molar-refractivity contribution in [3.63, 3.8) is 0 Å². The lowest BCUT2D eigenvalue weighted by atomic mass is 10.3. The zero-order valence-electron chi connectivity index (χ0n) is 9.05. The summed E-state index contributed by atoms with van der Waals surface area (Å²) in [4.78, 5) is 33.4. The van der Waals surface area contributed by atoms with Gasteiger partial charge >= 0.3 is 5.97 Å². The molecule has 1 aromatic heterocycles. The van der Waals surface area contributed by atoms with Crippen LogP contribution in [-0.4, -0.2) is 28.1 Å². The van der Waals surface area contributed by atoms with E-state index in [0.29, 0.717) is 6.54 Å². The number of nitrogens with zero attached hydrogens (tertiary/aromatic N) is 1. The van der Waals surface area contributed by atoms with Crippen molar-refractivity contribution < 1.29 is 14.7 Å². The molecule has 90 valence electrons. The second-order valence-electron chi connectivity index (χ2n) is 3.28. The molecule has 0 bridgehead atoms. The van der Waals surface area contributed by atoms with Crippen LogP contribution in [0.1, 0.15) is 10.4 Å². The van der Waals surface area contributed by atoms with E-state index < -0.39 is 11.5 Å². The van der Waals surface area contributed by atoms with Gasteiger partial charge in [0.25, 0.3) is 5.56 Å². The molecule has 1 amide bonds. The fourth-order valence-corrected chi connectivity index (χ4v) is 1.18. The van der Waals surface area contributed by atoms with Gasteiger partial charge in [-0.1, -0.05) is 6.08 Å². The molecule has 0 aliphatic rings. The lowest BCUT2D eigenvalue weighted by molar-refractivity contribution is -0.121. The SMILES string of the molecule is C=CCNC(=O)Cn1cc(C(=O)O)ccc1=O. The molecule has 0 aromatic carbocycles. The van der Waals surface area contributed by atoms with Crippen LogP contribution in [0.15, 0.2) is 35.8 Å². The van der Waals surface area contributed by atoms with Crippen molar-refractivity contribution in [3.05, 3.63) is 46.9 Å². The first-order valence-electron chi connectivity index (χ1n) is 4.86. The highest BCUT2D eigenvalue weighted by Gasteiger charge is 2.07. The van der Waals surface area contributed by atoms with Crippen molar-refractivity contribution in [2.75, 3.05) is 6.54 Å². The first-order valence-corrected chi connectivity index (χ1v) is 4.86. The Kier molecular flexibility index (Phi) is 4.21. The van der Waals surface area contributed by atoms with Crippen LogP contribution in [0.25, 0.3) is 0 Å². The van der Waals surface area contributed by atoms with E-state index in [4.69, 9.17) is 5.11 Å². The summed E-state index contributed by atoms with van der Waals surface area (Å²) in [5, 5.41) is 11.2. The fraction of sp³-hybridized carbons (Fsp3) is 0.182. The Bertz CT molecular complexity index is 504. The van der Waals surface area contributed by atoms with E-state index in [0.717, 1.165) is 16.8 Å². The topological polar surface area (TPSA) is 88.4 Å².